The number of piperidine rings is 1. The van der Waals surface area contributed by atoms with Crippen LogP contribution in [-0.2, 0) is 11.8 Å². The SMILES string of the molecule is C=CC(=O)N1CCC(c2ccc3ncnc(Nc4ccc(Oc5cnc6c(c5)ncn6C)c(C)c4)c3n2)CC1. The minimum absolute atomic E-state index is 0.0162. The van der Waals surface area contributed by atoms with Crippen molar-refractivity contribution in [2.45, 2.75) is 25.7 Å². The number of hydrogen-bond donors (Lipinski definition) is 1. The van der Waals surface area contributed by atoms with Gasteiger partial charge in [0.25, 0.3) is 0 Å². The van der Waals surface area contributed by atoms with Crippen molar-refractivity contribution >= 4 is 39.6 Å². The lowest BCUT2D eigenvalue weighted by Gasteiger charge is -2.31. The molecular weight excluding hydrogens is 492 g/mol. The van der Waals surface area contributed by atoms with E-state index in [-0.39, 0.29) is 11.8 Å². The Kier molecular flexibility index (Phi) is 6.36. The van der Waals surface area contributed by atoms with E-state index in [0.717, 1.165) is 52.2 Å². The first kappa shape index (κ1) is 24.5. The largest absolute Gasteiger partial charge is 0.455 e. The maximum absolute atomic E-state index is 11.9. The number of imidazole rings is 1. The number of hydrogen-bond acceptors (Lipinski definition) is 8. The topological polar surface area (TPSA) is 111 Å². The summed E-state index contributed by atoms with van der Waals surface area (Å²) in [5.74, 6) is 2.25. The van der Waals surface area contributed by atoms with E-state index in [1.54, 1.807) is 12.5 Å². The van der Waals surface area contributed by atoms with E-state index in [4.69, 9.17) is 9.72 Å². The highest BCUT2D eigenvalue weighted by Crippen LogP contribution is 2.32. The highest BCUT2D eigenvalue weighted by molar-refractivity contribution is 5.88. The molecule has 0 spiro atoms. The monoisotopic (exact) mass is 520 g/mol. The summed E-state index contributed by atoms with van der Waals surface area (Å²) in [6.45, 7) is 6.98. The van der Waals surface area contributed by atoms with Gasteiger partial charge in [0, 0.05) is 43.5 Å². The highest BCUT2D eigenvalue weighted by atomic mass is 16.5. The molecule has 5 aromatic rings. The van der Waals surface area contributed by atoms with Gasteiger partial charge in [-0.05, 0) is 61.7 Å². The summed E-state index contributed by atoms with van der Waals surface area (Å²) >= 11 is 0. The number of likely N-dealkylation sites (tertiary alicyclic amines) is 1. The van der Waals surface area contributed by atoms with Crippen LogP contribution in [0.4, 0.5) is 11.5 Å². The third-order valence-corrected chi connectivity index (χ3v) is 7.09. The van der Waals surface area contributed by atoms with E-state index in [1.165, 1.54) is 12.4 Å². The second-order valence-electron chi connectivity index (χ2n) is 9.71. The van der Waals surface area contributed by atoms with Gasteiger partial charge in [-0.15, -0.1) is 0 Å². The molecule has 1 N–H and O–H groups in total. The van der Waals surface area contributed by atoms with E-state index in [1.807, 2.05) is 59.8 Å². The molecule has 1 aromatic carbocycles. The zero-order valence-corrected chi connectivity index (χ0v) is 21.8. The Morgan fingerprint density at radius 2 is 1.92 bits per heavy atom. The van der Waals surface area contributed by atoms with Crippen molar-refractivity contribution in [2.24, 2.45) is 7.05 Å². The predicted octanol–water partition coefficient (Wildman–Crippen LogP) is 5.04. The molecule has 1 aliphatic heterocycles. The van der Waals surface area contributed by atoms with Crippen LogP contribution in [0.3, 0.4) is 0 Å². The molecule has 1 saturated heterocycles. The predicted molar refractivity (Wildman–Crippen MR) is 149 cm³/mol. The quantitative estimate of drug-likeness (QED) is 0.310. The lowest BCUT2D eigenvalue weighted by molar-refractivity contribution is -0.127. The number of carbonyl (C=O) groups is 1. The molecule has 0 radical (unpaired) electrons. The summed E-state index contributed by atoms with van der Waals surface area (Å²) in [5.41, 5.74) is 5.88. The summed E-state index contributed by atoms with van der Waals surface area (Å²) in [6.07, 6.45) is 8.07. The Labute approximate surface area is 225 Å². The van der Waals surface area contributed by atoms with Gasteiger partial charge in [-0.3, -0.25) is 4.79 Å². The second kappa shape index (κ2) is 10.1. The van der Waals surface area contributed by atoms with Crippen LogP contribution in [0.25, 0.3) is 22.2 Å². The number of carbonyl (C=O) groups excluding carboxylic acids is 1. The van der Waals surface area contributed by atoms with Crippen molar-refractivity contribution in [3.63, 3.8) is 0 Å². The molecule has 0 bridgehead atoms. The molecule has 39 heavy (non-hydrogen) atoms. The molecular formula is C29H28N8O2. The number of aryl methyl sites for hydroxylation is 2. The van der Waals surface area contributed by atoms with Crippen molar-refractivity contribution in [1.29, 1.82) is 0 Å². The zero-order valence-electron chi connectivity index (χ0n) is 21.8. The number of ether oxygens (including phenoxy) is 1. The lowest BCUT2D eigenvalue weighted by atomic mass is 9.93. The van der Waals surface area contributed by atoms with Crippen LogP contribution in [0.1, 0.15) is 30.0 Å². The molecule has 0 unspecified atom stereocenters. The van der Waals surface area contributed by atoms with Crippen LogP contribution >= 0.6 is 0 Å². The van der Waals surface area contributed by atoms with Crippen LogP contribution < -0.4 is 10.1 Å². The number of nitrogens with zero attached hydrogens (tertiary/aromatic N) is 7. The number of nitrogens with one attached hydrogen (secondary N) is 1. The summed E-state index contributed by atoms with van der Waals surface area (Å²) in [5, 5.41) is 3.41. The van der Waals surface area contributed by atoms with Crippen LogP contribution in [-0.4, -0.2) is 53.4 Å². The van der Waals surface area contributed by atoms with E-state index >= 15 is 0 Å². The lowest BCUT2D eigenvalue weighted by Crippen LogP contribution is -2.36. The zero-order chi connectivity index (χ0) is 26.9. The van der Waals surface area contributed by atoms with Crippen molar-refractivity contribution in [3.05, 3.63) is 79.2 Å². The molecule has 1 amide bonds. The summed E-state index contributed by atoms with van der Waals surface area (Å²) in [6, 6.07) is 11.8. The van der Waals surface area contributed by atoms with Crippen molar-refractivity contribution in [3.8, 4) is 11.5 Å². The fourth-order valence-corrected chi connectivity index (χ4v) is 4.96. The fourth-order valence-electron chi connectivity index (χ4n) is 4.96. The molecule has 196 valence electrons. The molecule has 10 heteroatoms. The Morgan fingerprint density at radius 1 is 1.08 bits per heavy atom. The third kappa shape index (κ3) is 4.88. The van der Waals surface area contributed by atoms with Crippen molar-refractivity contribution in [1.82, 2.24) is 34.4 Å². The van der Waals surface area contributed by atoms with Gasteiger partial charge in [0.1, 0.15) is 28.9 Å². The average molecular weight is 521 g/mol. The fraction of sp³-hybridized carbons (Fsp3) is 0.241. The minimum atomic E-state index is -0.0162. The van der Waals surface area contributed by atoms with Gasteiger partial charge >= 0.3 is 0 Å². The van der Waals surface area contributed by atoms with E-state index in [9.17, 15) is 4.79 Å². The summed E-state index contributed by atoms with van der Waals surface area (Å²) in [7, 11) is 1.91. The Bertz CT molecular complexity index is 1710. The van der Waals surface area contributed by atoms with Gasteiger partial charge in [0.2, 0.25) is 5.91 Å². The first-order chi connectivity index (χ1) is 19.0. The highest BCUT2D eigenvalue weighted by Gasteiger charge is 2.24. The molecule has 6 rings (SSSR count). The maximum Gasteiger partial charge on any atom is 0.245 e. The third-order valence-electron chi connectivity index (χ3n) is 7.09. The molecule has 0 atom stereocenters. The smallest absolute Gasteiger partial charge is 0.245 e. The molecule has 1 aliphatic rings. The second-order valence-corrected chi connectivity index (χ2v) is 9.71. The van der Waals surface area contributed by atoms with Crippen LogP contribution in [0, 0.1) is 6.92 Å². The van der Waals surface area contributed by atoms with E-state index in [2.05, 4.69) is 31.8 Å². The van der Waals surface area contributed by atoms with Crippen molar-refractivity contribution < 1.29 is 9.53 Å². The first-order valence-corrected chi connectivity index (χ1v) is 12.8. The molecule has 10 nitrogen and oxygen atoms in total. The van der Waals surface area contributed by atoms with Gasteiger partial charge in [-0.2, -0.15) is 0 Å². The number of anilines is 2. The number of fused-ring (bicyclic) bond motifs is 2. The number of aromatic nitrogens is 6. The molecule has 1 fully saturated rings. The Hall–Kier alpha value is -4.86. The minimum Gasteiger partial charge on any atom is -0.455 e. The van der Waals surface area contributed by atoms with Gasteiger partial charge in [0.15, 0.2) is 11.5 Å². The Balaban J connectivity index is 1.20. The molecule has 5 heterocycles. The number of rotatable bonds is 6. The van der Waals surface area contributed by atoms with Crippen LogP contribution in [0.5, 0.6) is 11.5 Å². The van der Waals surface area contributed by atoms with Crippen molar-refractivity contribution in [2.75, 3.05) is 18.4 Å². The van der Waals surface area contributed by atoms with Gasteiger partial charge in [-0.25, -0.2) is 24.9 Å². The van der Waals surface area contributed by atoms with E-state index < -0.39 is 0 Å². The number of pyridine rings is 2. The summed E-state index contributed by atoms with van der Waals surface area (Å²) < 4.78 is 7.98. The normalized spacial score (nSPS) is 14.1. The summed E-state index contributed by atoms with van der Waals surface area (Å²) in [4.78, 5) is 36.4. The molecule has 0 saturated carbocycles. The standard InChI is InChI=1S/C29H28N8O2/c1-4-26(38)37-11-9-19(10-12-37)22-6-7-23-27(35-22)28(32-16-31-23)34-20-5-8-25(18(2)13-20)39-21-14-24-29(30-15-21)36(3)17-33-24/h4-8,13-17,19H,1,9-12H2,2-3H3,(H,31,32,34). The van der Waals surface area contributed by atoms with E-state index in [0.29, 0.717) is 30.2 Å². The first-order valence-electron chi connectivity index (χ1n) is 12.8. The van der Waals surface area contributed by atoms with Crippen LogP contribution in [0.15, 0.2) is 67.9 Å². The van der Waals surface area contributed by atoms with Crippen LogP contribution in [0.2, 0.25) is 0 Å². The van der Waals surface area contributed by atoms with Gasteiger partial charge in [-0.1, -0.05) is 6.58 Å². The Morgan fingerprint density at radius 3 is 2.72 bits per heavy atom. The maximum atomic E-state index is 11.9. The number of amides is 1. The van der Waals surface area contributed by atoms with Gasteiger partial charge < -0.3 is 19.5 Å². The molecule has 0 aliphatic carbocycles. The van der Waals surface area contributed by atoms with Gasteiger partial charge in [0.05, 0.1) is 18.0 Å². The average Bonchev–Trinajstić information content (AvgIpc) is 3.34. The number of benzene rings is 1. The molecule has 4 aromatic heterocycles.